The van der Waals surface area contributed by atoms with Gasteiger partial charge in [0, 0.05) is 5.56 Å². The summed E-state index contributed by atoms with van der Waals surface area (Å²) in [6.07, 6.45) is 4.56. The van der Waals surface area contributed by atoms with Gasteiger partial charge < -0.3 is 0 Å². The highest BCUT2D eigenvalue weighted by Gasteiger charge is 2.29. The van der Waals surface area contributed by atoms with Crippen molar-refractivity contribution in [2.75, 3.05) is 0 Å². The van der Waals surface area contributed by atoms with Gasteiger partial charge in [-0.2, -0.15) is 0 Å². The molecule has 4 rings (SSSR count). The fourth-order valence-electron chi connectivity index (χ4n) is 3.50. The summed E-state index contributed by atoms with van der Waals surface area (Å²) in [7, 11) is 0. The number of nitrogens with zero attached hydrogens (tertiary/aromatic N) is 2. The molecule has 0 aliphatic carbocycles. The van der Waals surface area contributed by atoms with Crippen LogP contribution in [0.4, 0.5) is 0 Å². The fourth-order valence-corrected chi connectivity index (χ4v) is 3.80. The first-order valence-electron chi connectivity index (χ1n) is 8.25. The van der Waals surface area contributed by atoms with Crippen molar-refractivity contribution in [3.63, 3.8) is 0 Å². The quantitative estimate of drug-likeness (QED) is 0.579. The van der Waals surface area contributed by atoms with Crippen molar-refractivity contribution >= 4 is 23.2 Å². The molecule has 0 saturated heterocycles. The normalized spacial score (nSPS) is 13.3. The van der Waals surface area contributed by atoms with Crippen LogP contribution in [0.5, 0.6) is 0 Å². The number of imidazole rings is 1. The first kappa shape index (κ1) is 15.7. The molecule has 1 aromatic heterocycles. The van der Waals surface area contributed by atoms with Crippen LogP contribution in [-0.4, -0.2) is 4.57 Å². The Morgan fingerprint density at radius 2 is 1.92 bits per heavy atom. The van der Waals surface area contributed by atoms with Gasteiger partial charge in [-0.3, -0.25) is 0 Å². The molecule has 122 valence electrons. The minimum Gasteiger partial charge on any atom is -0.229 e. The molecule has 2 nitrogen and oxygen atoms in total. The highest BCUT2D eigenvalue weighted by atomic mass is 35.5. The van der Waals surface area contributed by atoms with Gasteiger partial charge in [0.25, 0.3) is 5.82 Å². The average Bonchev–Trinajstić information content (AvgIpc) is 3.16. The Hall–Kier alpha value is -1.77. The predicted molar refractivity (Wildman–Crippen MR) is 98.7 cm³/mol. The molecule has 0 N–H and O–H groups in total. The van der Waals surface area contributed by atoms with Crippen molar-refractivity contribution in [1.82, 2.24) is 4.57 Å². The summed E-state index contributed by atoms with van der Waals surface area (Å²) in [6, 6.07) is 14.5. The van der Waals surface area contributed by atoms with Crippen LogP contribution in [0, 0.1) is 6.92 Å². The molecule has 2 heterocycles. The molecular weight excluding hydrogens is 339 g/mol. The Balaban J connectivity index is 1.77. The van der Waals surface area contributed by atoms with E-state index in [2.05, 4.69) is 46.5 Å². The second-order valence-corrected chi connectivity index (χ2v) is 7.18. The zero-order valence-electron chi connectivity index (χ0n) is 13.6. The summed E-state index contributed by atoms with van der Waals surface area (Å²) in [5, 5.41) is 1.20. The number of hydrogen-bond donors (Lipinski definition) is 0. The van der Waals surface area contributed by atoms with Crippen molar-refractivity contribution in [2.45, 2.75) is 32.9 Å². The molecule has 0 unspecified atom stereocenters. The number of aromatic nitrogens is 2. The summed E-state index contributed by atoms with van der Waals surface area (Å²) in [6.45, 7) is 4.14. The Labute approximate surface area is 152 Å². The molecule has 0 fully saturated rings. The summed E-state index contributed by atoms with van der Waals surface area (Å²) in [5.41, 5.74) is 5.04. The lowest BCUT2D eigenvalue weighted by atomic mass is 10.1. The van der Waals surface area contributed by atoms with E-state index in [1.54, 1.807) is 0 Å². The SMILES string of the molecule is Cc1ccccc1C[n+]1cc(-c2ccc(Cl)c(Cl)c2)n2c1CCC2. The summed E-state index contributed by atoms with van der Waals surface area (Å²) in [4.78, 5) is 0. The maximum Gasteiger partial charge on any atom is 0.257 e. The maximum absolute atomic E-state index is 6.22. The second-order valence-electron chi connectivity index (χ2n) is 6.37. The standard InChI is InChI=1S/C20H19Cl2N2/c1-14-5-2-3-6-16(14)12-23-13-19(24-10-4-7-20(23)24)15-8-9-17(21)18(22)11-15/h2-3,5-6,8-9,11,13H,4,7,10,12H2,1H3/q+1. The topological polar surface area (TPSA) is 8.81 Å². The van der Waals surface area contributed by atoms with Crippen molar-refractivity contribution in [3.8, 4) is 11.3 Å². The highest BCUT2D eigenvalue weighted by Crippen LogP contribution is 2.30. The van der Waals surface area contributed by atoms with E-state index in [9.17, 15) is 0 Å². The number of benzene rings is 2. The van der Waals surface area contributed by atoms with Crippen LogP contribution in [-0.2, 0) is 19.5 Å². The van der Waals surface area contributed by atoms with Crippen LogP contribution in [0.1, 0.15) is 23.4 Å². The van der Waals surface area contributed by atoms with Crippen LogP contribution in [0.3, 0.4) is 0 Å². The van der Waals surface area contributed by atoms with Crippen LogP contribution in [0.15, 0.2) is 48.7 Å². The van der Waals surface area contributed by atoms with Gasteiger partial charge in [0.05, 0.1) is 23.0 Å². The van der Waals surface area contributed by atoms with E-state index in [0.717, 1.165) is 25.1 Å². The second kappa shape index (κ2) is 6.27. The molecule has 3 aromatic rings. The number of hydrogen-bond acceptors (Lipinski definition) is 0. The molecule has 1 aliphatic rings. The maximum atomic E-state index is 6.22. The predicted octanol–water partition coefficient (Wildman–Crippen LogP) is 5.05. The van der Waals surface area contributed by atoms with E-state index >= 15 is 0 Å². The Bertz CT molecular complexity index is 912. The van der Waals surface area contributed by atoms with E-state index in [-0.39, 0.29) is 0 Å². The lowest BCUT2D eigenvalue weighted by Crippen LogP contribution is -2.36. The monoisotopic (exact) mass is 357 g/mol. The largest absolute Gasteiger partial charge is 0.257 e. The Kier molecular flexibility index (Phi) is 4.11. The van der Waals surface area contributed by atoms with Crippen LogP contribution < -0.4 is 4.57 Å². The van der Waals surface area contributed by atoms with Crippen LogP contribution in [0.2, 0.25) is 10.0 Å². The number of halogens is 2. The van der Waals surface area contributed by atoms with Crippen molar-refractivity contribution in [1.29, 1.82) is 0 Å². The van der Waals surface area contributed by atoms with E-state index in [0.29, 0.717) is 10.0 Å². The zero-order valence-corrected chi connectivity index (χ0v) is 15.1. The van der Waals surface area contributed by atoms with E-state index in [4.69, 9.17) is 23.2 Å². The van der Waals surface area contributed by atoms with Crippen LogP contribution >= 0.6 is 23.2 Å². The molecule has 1 aliphatic heterocycles. The molecule has 0 atom stereocenters. The van der Waals surface area contributed by atoms with E-state index in [1.165, 1.54) is 29.1 Å². The smallest absolute Gasteiger partial charge is 0.229 e. The molecule has 0 radical (unpaired) electrons. The lowest BCUT2D eigenvalue weighted by molar-refractivity contribution is -0.694. The van der Waals surface area contributed by atoms with Gasteiger partial charge in [0.15, 0.2) is 5.69 Å². The van der Waals surface area contributed by atoms with Crippen LogP contribution in [0.25, 0.3) is 11.3 Å². The van der Waals surface area contributed by atoms with E-state index in [1.807, 2.05) is 18.2 Å². The zero-order chi connectivity index (χ0) is 16.7. The van der Waals surface area contributed by atoms with Gasteiger partial charge in [-0.05, 0) is 42.7 Å². The molecule has 24 heavy (non-hydrogen) atoms. The fraction of sp³-hybridized carbons (Fsp3) is 0.250. The first-order valence-corrected chi connectivity index (χ1v) is 9.01. The lowest BCUT2D eigenvalue weighted by Gasteiger charge is -2.03. The molecule has 0 spiro atoms. The van der Waals surface area contributed by atoms with Crippen molar-refractivity contribution in [3.05, 3.63) is 75.7 Å². The number of rotatable bonds is 3. The van der Waals surface area contributed by atoms with Gasteiger partial charge in [-0.25, -0.2) is 9.13 Å². The molecule has 2 aromatic carbocycles. The summed E-state index contributed by atoms with van der Waals surface area (Å²) in [5.74, 6) is 1.39. The molecule has 0 bridgehead atoms. The third kappa shape index (κ3) is 2.74. The third-order valence-corrected chi connectivity index (χ3v) is 5.55. The minimum absolute atomic E-state index is 0.599. The van der Waals surface area contributed by atoms with Gasteiger partial charge >= 0.3 is 0 Å². The van der Waals surface area contributed by atoms with E-state index < -0.39 is 0 Å². The van der Waals surface area contributed by atoms with Gasteiger partial charge in [0.2, 0.25) is 0 Å². The number of aryl methyl sites for hydroxylation is 1. The highest BCUT2D eigenvalue weighted by molar-refractivity contribution is 6.42. The minimum atomic E-state index is 0.599. The first-order chi connectivity index (χ1) is 11.6. The summed E-state index contributed by atoms with van der Waals surface area (Å²) < 4.78 is 4.80. The van der Waals surface area contributed by atoms with Gasteiger partial charge in [-0.1, -0.05) is 47.5 Å². The Morgan fingerprint density at radius 1 is 1.08 bits per heavy atom. The van der Waals surface area contributed by atoms with Gasteiger partial charge in [-0.15, -0.1) is 0 Å². The van der Waals surface area contributed by atoms with Gasteiger partial charge in [0.1, 0.15) is 12.7 Å². The average molecular weight is 358 g/mol. The summed E-state index contributed by atoms with van der Waals surface area (Å²) >= 11 is 12.3. The van der Waals surface area contributed by atoms with Crippen molar-refractivity contribution in [2.24, 2.45) is 0 Å². The molecular formula is C20H19Cl2N2+. The Morgan fingerprint density at radius 3 is 2.71 bits per heavy atom. The number of fused-ring (bicyclic) bond motifs is 1. The molecule has 4 heteroatoms. The third-order valence-electron chi connectivity index (χ3n) is 4.81. The molecule has 0 amide bonds. The molecule has 0 saturated carbocycles. The van der Waals surface area contributed by atoms with Crippen molar-refractivity contribution < 1.29 is 4.57 Å².